The number of rotatable bonds is 4. The van der Waals surface area contributed by atoms with Crippen molar-refractivity contribution in [1.29, 1.82) is 0 Å². The number of ether oxygens (including phenoxy) is 1. The van der Waals surface area contributed by atoms with Crippen molar-refractivity contribution in [2.75, 3.05) is 13.7 Å². The smallest absolute Gasteiger partial charge is 0.0772 e. The molecule has 1 atom stereocenters. The molecule has 1 unspecified atom stereocenters. The summed E-state index contributed by atoms with van der Waals surface area (Å²) in [6.45, 7) is 0.651. The van der Waals surface area contributed by atoms with Crippen molar-refractivity contribution in [3.8, 4) is 0 Å². The van der Waals surface area contributed by atoms with Gasteiger partial charge in [0, 0.05) is 20.1 Å². The highest BCUT2D eigenvalue weighted by molar-refractivity contribution is 5.08. The van der Waals surface area contributed by atoms with Crippen LogP contribution in [0.3, 0.4) is 0 Å². The highest BCUT2D eigenvalue weighted by atomic mass is 16.5. The standard InChI is InChI=1S/C12H22O2/c1-14-10-9-12(13)11-7-5-3-2-4-6-8-11/h7,12-13H,2-6,8-10H2,1H3. The summed E-state index contributed by atoms with van der Waals surface area (Å²) in [5.41, 5.74) is 1.24. The van der Waals surface area contributed by atoms with E-state index in [0.717, 1.165) is 19.3 Å². The van der Waals surface area contributed by atoms with E-state index in [9.17, 15) is 5.11 Å². The number of allylic oxidation sites excluding steroid dienone is 1. The minimum atomic E-state index is -0.270. The molecule has 1 aliphatic carbocycles. The van der Waals surface area contributed by atoms with Crippen molar-refractivity contribution in [3.63, 3.8) is 0 Å². The fourth-order valence-corrected chi connectivity index (χ4v) is 1.93. The first kappa shape index (κ1) is 11.7. The third kappa shape index (κ3) is 4.25. The van der Waals surface area contributed by atoms with Crippen LogP contribution in [0.15, 0.2) is 11.6 Å². The van der Waals surface area contributed by atoms with Crippen LogP contribution in [0, 0.1) is 0 Å². The minimum Gasteiger partial charge on any atom is -0.389 e. The Balaban J connectivity index is 2.37. The molecule has 2 nitrogen and oxygen atoms in total. The molecule has 0 spiro atoms. The molecule has 1 aliphatic rings. The van der Waals surface area contributed by atoms with Gasteiger partial charge < -0.3 is 9.84 Å². The summed E-state index contributed by atoms with van der Waals surface area (Å²) in [7, 11) is 1.68. The van der Waals surface area contributed by atoms with Gasteiger partial charge in [-0.15, -0.1) is 0 Å². The normalized spacial score (nSPS) is 20.9. The minimum absolute atomic E-state index is 0.270. The van der Waals surface area contributed by atoms with Crippen LogP contribution in [0.25, 0.3) is 0 Å². The Morgan fingerprint density at radius 1 is 1.36 bits per heavy atom. The zero-order valence-electron chi connectivity index (χ0n) is 9.17. The second kappa shape index (κ2) is 7.02. The molecule has 0 fully saturated rings. The van der Waals surface area contributed by atoms with Gasteiger partial charge in [-0.25, -0.2) is 0 Å². The predicted molar refractivity (Wildman–Crippen MR) is 58.3 cm³/mol. The zero-order valence-corrected chi connectivity index (χ0v) is 9.17. The highest BCUT2D eigenvalue weighted by Crippen LogP contribution is 2.20. The maximum Gasteiger partial charge on any atom is 0.0772 e. The third-order valence-corrected chi connectivity index (χ3v) is 2.85. The predicted octanol–water partition coefficient (Wildman–Crippen LogP) is 2.66. The molecule has 0 aromatic heterocycles. The summed E-state index contributed by atoms with van der Waals surface area (Å²) in [5, 5.41) is 9.87. The molecule has 0 saturated heterocycles. The molecule has 0 aromatic carbocycles. The molecule has 1 N–H and O–H groups in total. The average Bonchev–Trinajstić information content (AvgIpc) is 2.13. The van der Waals surface area contributed by atoms with Gasteiger partial charge in [0.2, 0.25) is 0 Å². The van der Waals surface area contributed by atoms with E-state index >= 15 is 0 Å². The molecule has 0 radical (unpaired) electrons. The van der Waals surface area contributed by atoms with Crippen LogP contribution in [-0.2, 0) is 4.74 Å². The lowest BCUT2D eigenvalue weighted by Gasteiger charge is -2.16. The van der Waals surface area contributed by atoms with Crippen molar-refractivity contribution in [2.45, 2.75) is 51.0 Å². The second-order valence-electron chi connectivity index (χ2n) is 4.03. The van der Waals surface area contributed by atoms with Gasteiger partial charge in [-0.1, -0.05) is 18.9 Å². The molecule has 0 saturated carbocycles. The van der Waals surface area contributed by atoms with Crippen LogP contribution in [0.1, 0.15) is 44.9 Å². The van der Waals surface area contributed by atoms with Crippen molar-refractivity contribution in [1.82, 2.24) is 0 Å². The molecule has 1 rings (SSSR count). The Bertz CT molecular complexity index is 175. The lowest BCUT2D eigenvalue weighted by molar-refractivity contribution is 0.127. The summed E-state index contributed by atoms with van der Waals surface area (Å²) < 4.78 is 4.97. The fraction of sp³-hybridized carbons (Fsp3) is 0.833. The van der Waals surface area contributed by atoms with Crippen LogP contribution >= 0.6 is 0 Å². The van der Waals surface area contributed by atoms with E-state index in [2.05, 4.69) is 6.08 Å². The summed E-state index contributed by atoms with van der Waals surface area (Å²) in [6, 6.07) is 0. The Morgan fingerprint density at radius 2 is 2.14 bits per heavy atom. The maximum absolute atomic E-state index is 9.87. The first-order valence-corrected chi connectivity index (χ1v) is 5.70. The number of methoxy groups -OCH3 is 1. The quantitative estimate of drug-likeness (QED) is 0.704. The maximum atomic E-state index is 9.87. The topological polar surface area (TPSA) is 29.5 Å². The molecule has 0 bridgehead atoms. The highest BCUT2D eigenvalue weighted by Gasteiger charge is 2.11. The molecular weight excluding hydrogens is 176 g/mol. The van der Waals surface area contributed by atoms with Crippen LogP contribution in [0.4, 0.5) is 0 Å². The summed E-state index contributed by atoms with van der Waals surface area (Å²) >= 11 is 0. The van der Waals surface area contributed by atoms with Crippen molar-refractivity contribution >= 4 is 0 Å². The van der Waals surface area contributed by atoms with E-state index in [1.165, 1.54) is 31.3 Å². The average molecular weight is 198 g/mol. The Labute approximate surface area is 87.0 Å². The number of aliphatic hydroxyl groups is 1. The summed E-state index contributed by atoms with van der Waals surface area (Å²) in [6.07, 6.45) is 10.1. The van der Waals surface area contributed by atoms with Gasteiger partial charge >= 0.3 is 0 Å². The number of hydrogen-bond acceptors (Lipinski definition) is 2. The molecule has 0 heterocycles. The Morgan fingerprint density at radius 3 is 2.93 bits per heavy atom. The molecule has 14 heavy (non-hydrogen) atoms. The Hall–Kier alpha value is -0.340. The largest absolute Gasteiger partial charge is 0.389 e. The van der Waals surface area contributed by atoms with Crippen molar-refractivity contribution in [2.24, 2.45) is 0 Å². The summed E-state index contributed by atoms with van der Waals surface area (Å²) in [4.78, 5) is 0. The lowest BCUT2D eigenvalue weighted by atomic mass is 9.95. The van der Waals surface area contributed by atoms with Crippen molar-refractivity contribution in [3.05, 3.63) is 11.6 Å². The third-order valence-electron chi connectivity index (χ3n) is 2.85. The summed E-state index contributed by atoms with van der Waals surface area (Å²) in [5.74, 6) is 0. The molecule has 0 aromatic rings. The molecule has 0 aliphatic heterocycles. The van der Waals surface area contributed by atoms with E-state index in [1.807, 2.05) is 0 Å². The number of hydrogen-bond donors (Lipinski definition) is 1. The van der Waals surface area contributed by atoms with E-state index in [0.29, 0.717) is 6.61 Å². The van der Waals surface area contributed by atoms with E-state index in [1.54, 1.807) is 7.11 Å². The Kier molecular flexibility index (Phi) is 5.88. The molecule has 2 heteroatoms. The molecule has 82 valence electrons. The van der Waals surface area contributed by atoms with Crippen LogP contribution in [0.2, 0.25) is 0 Å². The van der Waals surface area contributed by atoms with Gasteiger partial charge in [0.15, 0.2) is 0 Å². The van der Waals surface area contributed by atoms with Gasteiger partial charge in [-0.3, -0.25) is 0 Å². The second-order valence-corrected chi connectivity index (χ2v) is 4.03. The van der Waals surface area contributed by atoms with Gasteiger partial charge in [0.05, 0.1) is 6.10 Å². The zero-order chi connectivity index (χ0) is 10.2. The fourth-order valence-electron chi connectivity index (χ4n) is 1.93. The van der Waals surface area contributed by atoms with Crippen LogP contribution < -0.4 is 0 Å². The van der Waals surface area contributed by atoms with E-state index in [4.69, 9.17) is 4.74 Å². The van der Waals surface area contributed by atoms with E-state index in [-0.39, 0.29) is 6.10 Å². The van der Waals surface area contributed by atoms with E-state index < -0.39 is 0 Å². The first-order chi connectivity index (χ1) is 6.84. The lowest BCUT2D eigenvalue weighted by Crippen LogP contribution is -2.13. The monoisotopic (exact) mass is 198 g/mol. The van der Waals surface area contributed by atoms with Gasteiger partial charge in [-0.2, -0.15) is 0 Å². The molecular formula is C12H22O2. The van der Waals surface area contributed by atoms with Gasteiger partial charge in [0.1, 0.15) is 0 Å². The first-order valence-electron chi connectivity index (χ1n) is 5.70. The molecule has 0 amide bonds. The van der Waals surface area contributed by atoms with Gasteiger partial charge in [0.25, 0.3) is 0 Å². The van der Waals surface area contributed by atoms with Crippen LogP contribution in [-0.4, -0.2) is 24.9 Å². The SMILES string of the molecule is COCCC(O)C1=CCCCCCC1. The van der Waals surface area contributed by atoms with Crippen LogP contribution in [0.5, 0.6) is 0 Å². The number of aliphatic hydroxyl groups excluding tert-OH is 1. The van der Waals surface area contributed by atoms with Crippen molar-refractivity contribution < 1.29 is 9.84 Å². The van der Waals surface area contributed by atoms with Gasteiger partial charge in [-0.05, 0) is 31.3 Å².